The first-order chi connectivity index (χ1) is 4.20. The molecule has 0 fully saturated rings. The van der Waals surface area contributed by atoms with Crippen LogP contribution in [0.4, 0.5) is 0 Å². The molecule has 1 aliphatic rings. The molecule has 0 saturated carbocycles. The van der Waals surface area contributed by atoms with Crippen LogP contribution in [0.25, 0.3) is 0 Å². The van der Waals surface area contributed by atoms with E-state index in [0.29, 0.717) is 0 Å². The lowest BCUT2D eigenvalue weighted by Gasteiger charge is -2.07. The number of dihydropyridines is 1. The van der Waals surface area contributed by atoms with Crippen LogP contribution < -0.4 is 0 Å². The maximum Gasteiger partial charge on any atom is 0.0401 e. The molecule has 0 aromatic rings. The molecule has 1 aliphatic heterocycles. The van der Waals surface area contributed by atoms with E-state index >= 15 is 0 Å². The minimum Gasteiger partial charge on any atom is -0.258 e. The van der Waals surface area contributed by atoms with Crippen molar-refractivity contribution in [3.63, 3.8) is 0 Å². The van der Waals surface area contributed by atoms with Crippen molar-refractivity contribution in [1.82, 2.24) is 0 Å². The van der Waals surface area contributed by atoms with Crippen molar-refractivity contribution >= 4 is 5.71 Å². The van der Waals surface area contributed by atoms with Crippen molar-refractivity contribution in [1.29, 1.82) is 0 Å². The number of hydrogen-bond donors (Lipinski definition) is 0. The summed E-state index contributed by atoms with van der Waals surface area (Å²) in [5.74, 6) is 0. The molecule has 0 radical (unpaired) electrons. The molecule has 0 unspecified atom stereocenters. The van der Waals surface area contributed by atoms with Gasteiger partial charge in [0.2, 0.25) is 0 Å². The molecule has 0 atom stereocenters. The summed E-state index contributed by atoms with van der Waals surface area (Å²) in [6, 6.07) is 0. The van der Waals surface area contributed by atoms with Crippen LogP contribution in [0.1, 0.15) is 20.3 Å². The molecule has 1 heteroatoms. The first-order valence-electron chi connectivity index (χ1n) is 3.10. The van der Waals surface area contributed by atoms with E-state index in [0.717, 1.165) is 17.8 Å². The fourth-order valence-corrected chi connectivity index (χ4v) is 0.790. The van der Waals surface area contributed by atoms with Crippen LogP contribution in [-0.4, -0.2) is 5.71 Å². The summed E-state index contributed by atoms with van der Waals surface area (Å²) in [7, 11) is 0. The Bertz CT molecular complexity index is 197. The van der Waals surface area contributed by atoms with Crippen LogP contribution in [0.15, 0.2) is 28.9 Å². The molecule has 1 heterocycles. The molecule has 9 heavy (non-hydrogen) atoms. The Morgan fingerprint density at radius 2 is 2.22 bits per heavy atom. The van der Waals surface area contributed by atoms with E-state index < -0.39 is 0 Å². The van der Waals surface area contributed by atoms with E-state index in [1.807, 2.05) is 6.92 Å². The van der Waals surface area contributed by atoms with Crippen molar-refractivity contribution in [2.75, 3.05) is 0 Å². The molecule has 0 bridgehead atoms. The third-order valence-electron chi connectivity index (χ3n) is 1.54. The molecule has 48 valence electrons. The maximum atomic E-state index is 4.22. The summed E-state index contributed by atoms with van der Waals surface area (Å²) in [4.78, 5) is 4.22. The molecular weight excluding hydrogens is 110 g/mol. The van der Waals surface area contributed by atoms with Gasteiger partial charge in [0.05, 0.1) is 0 Å². The lowest BCUT2D eigenvalue weighted by molar-refractivity contribution is 1.13. The molecule has 0 aromatic carbocycles. The number of allylic oxidation sites excluding steroid dienone is 2. The van der Waals surface area contributed by atoms with Crippen LogP contribution in [0.3, 0.4) is 0 Å². The van der Waals surface area contributed by atoms with Crippen LogP contribution >= 0.6 is 0 Å². The first kappa shape index (κ1) is 6.27. The number of rotatable bonds is 0. The second-order valence-electron chi connectivity index (χ2n) is 2.35. The largest absolute Gasteiger partial charge is 0.258 e. The van der Waals surface area contributed by atoms with E-state index in [-0.39, 0.29) is 0 Å². The summed E-state index contributed by atoms with van der Waals surface area (Å²) in [6.45, 7) is 7.85. The van der Waals surface area contributed by atoms with Crippen molar-refractivity contribution in [3.05, 3.63) is 23.9 Å². The Morgan fingerprint density at radius 3 is 2.67 bits per heavy atom. The highest BCUT2D eigenvalue weighted by atomic mass is 14.8. The predicted molar refractivity (Wildman–Crippen MR) is 40.6 cm³/mol. The van der Waals surface area contributed by atoms with Gasteiger partial charge in [0.15, 0.2) is 0 Å². The normalized spacial score (nSPS) is 19.1. The SMILES string of the molecule is C=C1CC=C(C)C(C)=N1. The summed E-state index contributed by atoms with van der Waals surface area (Å²) in [5.41, 5.74) is 3.35. The highest BCUT2D eigenvalue weighted by molar-refractivity contribution is 5.99. The number of aliphatic imine (C=N–C) groups is 1. The van der Waals surface area contributed by atoms with E-state index in [1.165, 1.54) is 5.57 Å². The Labute approximate surface area is 55.8 Å². The second kappa shape index (κ2) is 2.18. The minimum absolute atomic E-state index is 0.920. The van der Waals surface area contributed by atoms with Gasteiger partial charge >= 0.3 is 0 Å². The average Bonchev–Trinajstić information content (AvgIpc) is 1.80. The molecular formula is C8H11N. The summed E-state index contributed by atoms with van der Waals surface area (Å²) in [5, 5.41) is 0. The van der Waals surface area contributed by atoms with E-state index in [4.69, 9.17) is 0 Å². The Kier molecular flexibility index (Phi) is 1.52. The first-order valence-corrected chi connectivity index (χ1v) is 3.10. The quantitative estimate of drug-likeness (QED) is 0.466. The van der Waals surface area contributed by atoms with Gasteiger partial charge in [-0.15, -0.1) is 0 Å². The predicted octanol–water partition coefficient (Wildman–Crippen LogP) is 2.31. The Morgan fingerprint density at radius 1 is 1.56 bits per heavy atom. The molecule has 1 rings (SSSR count). The maximum absolute atomic E-state index is 4.22. The lowest BCUT2D eigenvalue weighted by Crippen LogP contribution is -1.98. The number of nitrogens with zero attached hydrogens (tertiary/aromatic N) is 1. The van der Waals surface area contributed by atoms with Gasteiger partial charge in [0.1, 0.15) is 0 Å². The molecule has 0 aliphatic carbocycles. The molecule has 0 aromatic heterocycles. The van der Waals surface area contributed by atoms with E-state index in [9.17, 15) is 0 Å². The third-order valence-corrected chi connectivity index (χ3v) is 1.54. The third kappa shape index (κ3) is 1.28. The van der Waals surface area contributed by atoms with Gasteiger partial charge in [-0.05, 0) is 19.4 Å². The molecule has 0 saturated heterocycles. The Balaban J connectivity index is 2.87. The van der Waals surface area contributed by atoms with Gasteiger partial charge in [-0.1, -0.05) is 12.7 Å². The van der Waals surface area contributed by atoms with Crippen LogP contribution in [0.2, 0.25) is 0 Å². The minimum atomic E-state index is 0.920. The summed E-state index contributed by atoms with van der Waals surface area (Å²) >= 11 is 0. The molecule has 0 N–H and O–H groups in total. The topological polar surface area (TPSA) is 12.4 Å². The van der Waals surface area contributed by atoms with Gasteiger partial charge in [0, 0.05) is 17.8 Å². The van der Waals surface area contributed by atoms with Crippen molar-refractivity contribution in [3.8, 4) is 0 Å². The molecule has 0 amide bonds. The van der Waals surface area contributed by atoms with Crippen molar-refractivity contribution < 1.29 is 0 Å². The highest BCUT2D eigenvalue weighted by Gasteiger charge is 2.01. The van der Waals surface area contributed by atoms with E-state index in [2.05, 4.69) is 24.6 Å². The molecule has 1 nitrogen and oxygen atoms in total. The summed E-state index contributed by atoms with van der Waals surface area (Å²) < 4.78 is 0. The second-order valence-corrected chi connectivity index (χ2v) is 2.35. The fourth-order valence-electron chi connectivity index (χ4n) is 0.790. The average molecular weight is 121 g/mol. The monoisotopic (exact) mass is 121 g/mol. The van der Waals surface area contributed by atoms with Crippen LogP contribution in [-0.2, 0) is 0 Å². The lowest BCUT2D eigenvalue weighted by atomic mass is 10.1. The van der Waals surface area contributed by atoms with E-state index in [1.54, 1.807) is 0 Å². The van der Waals surface area contributed by atoms with Crippen LogP contribution in [0.5, 0.6) is 0 Å². The zero-order valence-corrected chi connectivity index (χ0v) is 5.94. The van der Waals surface area contributed by atoms with Gasteiger partial charge in [-0.3, -0.25) is 4.99 Å². The van der Waals surface area contributed by atoms with Crippen molar-refractivity contribution in [2.24, 2.45) is 4.99 Å². The van der Waals surface area contributed by atoms with Gasteiger partial charge in [0.25, 0.3) is 0 Å². The van der Waals surface area contributed by atoms with Gasteiger partial charge in [-0.2, -0.15) is 0 Å². The number of hydrogen-bond acceptors (Lipinski definition) is 1. The van der Waals surface area contributed by atoms with Crippen LogP contribution in [0, 0.1) is 0 Å². The summed E-state index contributed by atoms with van der Waals surface area (Å²) in [6.07, 6.45) is 3.08. The highest BCUT2D eigenvalue weighted by Crippen LogP contribution is 2.13. The molecule has 0 spiro atoms. The van der Waals surface area contributed by atoms with Gasteiger partial charge in [-0.25, -0.2) is 0 Å². The standard InChI is InChI=1S/C8H11N/c1-6-4-5-7(2)9-8(6)3/h4H,2,5H2,1,3H3. The zero-order chi connectivity index (χ0) is 6.85. The fraction of sp³-hybridized carbons (Fsp3) is 0.375. The van der Waals surface area contributed by atoms with Crippen molar-refractivity contribution in [2.45, 2.75) is 20.3 Å². The smallest absolute Gasteiger partial charge is 0.0401 e. The van der Waals surface area contributed by atoms with Gasteiger partial charge < -0.3 is 0 Å². The Hall–Kier alpha value is -0.850. The zero-order valence-electron chi connectivity index (χ0n) is 5.94.